The van der Waals surface area contributed by atoms with Gasteiger partial charge in [0, 0.05) is 27.3 Å². The van der Waals surface area contributed by atoms with Gasteiger partial charge in [-0.15, -0.1) is 0 Å². The Bertz CT molecular complexity index is 2500. The lowest BCUT2D eigenvalue weighted by Crippen LogP contribution is -2.12. The highest BCUT2D eigenvalue weighted by atomic mass is 16.3. The highest BCUT2D eigenvalue weighted by molar-refractivity contribution is 6.14. The maximum atomic E-state index is 6.38. The number of nitrogens with zero attached hydrogens (tertiary/aromatic N) is 1. The van der Waals surface area contributed by atoms with Crippen LogP contribution < -0.4 is 4.90 Å². The van der Waals surface area contributed by atoms with Gasteiger partial charge < -0.3 is 13.7 Å². The molecule has 2 aromatic heterocycles. The minimum atomic E-state index is 0.858. The van der Waals surface area contributed by atoms with E-state index >= 15 is 0 Å². The van der Waals surface area contributed by atoms with Gasteiger partial charge in [-0.25, -0.2) is 0 Å². The van der Waals surface area contributed by atoms with Crippen molar-refractivity contribution in [2.75, 3.05) is 4.90 Å². The lowest BCUT2D eigenvalue weighted by atomic mass is 9.97. The maximum Gasteiger partial charge on any atom is 0.137 e. The van der Waals surface area contributed by atoms with Crippen molar-refractivity contribution in [1.29, 1.82) is 0 Å². The molecule has 0 fully saturated rings. The Hall–Kier alpha value is -6.06. The Labute approximate surface area is 260 Å². The van der Waals surface area contributed by atoms with E-state index in [1.165, 1.54) is 0 Å². The summed E-state index contributed by atoms with van der Waals surface area (Å²) in [5, 5.41) is 4.42. The first-order chi connectivity index (χ1) is 22.3. The van der Waals surface area contributed by atoms with Crippen molar-refractivity contribution < 1.29 is 8.83 Å². The lowest BCUT2D eigenvalue weighted by molar-refractivity contribution is 0.668. The van der Waals surface area contributed by atoms with Crippen LogP contribution in [0.5, 0.6) is 0 Å². The van der Waals surface area contributed by atoms with Crippen LogP contribution in [-0.2, 0) is 0 Å². The summed E-state index contributed by atoms with van der Waals surface area (Å²) < 4.78 is 12.7. The number of furan rings is 2. The Kier molecular flexibility index (Phi) is 5.82. The summed E-state index contributed by atoms with van der Waals surface area (Å²) in [5.41, 5.74) is 11.2. The molecular weight excluding hydrogens is 550 g/mol. The zero-order valence-corrected chi connectivity index (χ0v) is 24.4. The summed E-state index contributed by atoms with van der Waals surface area (Å²) in [6, 6.07) is 57.3. The van der Waals surface area contributed by atoms with Crippen LogP contribution >= 0.6 is 0 Å². The third-order valence-corrected chi connectivity index (χ3v) is 8.69. The van der Waals surface area contributed by atoms with E-state index in [1.807, 2.05) is 24.3 Å². The van der Waals surface area contributed by atoms with E-state index in [9.17, 15) is 0 Å². The predicted octanol–water partition coefficient (Wildman–Crippen LogP) is 12.3. The summed E-state index contributed by atoms with van der Waals surface area (Å²) in [5.74, 6) is 0. The molecule has 3 nitrogen and oxygen atoms in total. The summed E-state index contributed by atoms with van der Waals surface area (Å²) in [4.78, 5) is 2.39. The molecule has 0 unspecified atom stereocenters. The second-order valence-electron chi connectivity index (χ2n) is 11.3. The van der Waals surface area contributed by atoms with E-state index in [2.05, 4.69) is 144 Å². The average Bonchev–Trinajstić information content (AvgIpc) is 3.68. The lowest BCUT2D eigenvalue weighted by Gasteiger charge is -2.30. The Morgan fingerprint density at radius 3 is 1.64 bits per heavy atom. The van der Waals surface area contributed by atoms with Crippen LogP contribution in [0.15, 0.2) is 173 Å². The van der Waals surface area contributed by atoms with Crippen molar-refractivity contribution in [3.05, 3.63) is 164 Å². The minimum absolute atomic E-state index is 0.858. The second-order valence-corrected chi connectivity index (χ2v) is 11.3. The van der Waals surface area contributed by atoms with Gasteiger partial charge in [0.15, 0.2) is 0 Å². The standard InChI is InChI=1S/C42H27NO2/c1-2-13-28(14-3-1)30-15-4-8-19-35(30)43(37-21-12-24-40-42(37)34-18-7-11-23-39(34)44-40)36-20-9-5-16-31(36)29-25-26-33-32-17-6-10-22-38(32)45-41(33)27-29/h1-27H. The van der Waals surface area contributed by atoms with Crippen LogP contribution in [0.1, 0.15) is 0 Å². The summed E-state index contributed by atoms with van der Waals surface area (Å²) >= 11 is 0. The Morgan fingerprint density at radius 2 is 0.867 bits per heavy atom. The first-order valence-electron chi connectivity index (χ1n) is 15.2. The maximum absolute atomic E-state index is 6.38. The number of benzene rings is 7. The largest absolute Gasteiger partial charge is 0.456 e. The van der Waals surface area contributed by atoms with Gasteiger partial charge >= 0.3 is 0 Å². The number of para-hydroxylation sites is 4. The summed E-state index contributed by atoms with van der Waals surface area (Å²) in [6.07, 6.45) is 0. The average molecular weight is 578 g/mol. The van der Waals surface area contributed by atoms with Crippen LogP contribution in [0.3, 0.4) is 0 Å². The van der Waals surface area contributed by atoms with E-state index in [4.69, 9.17) is 8.83 Å². The highest BCUT2D eigenvalue weighted by Gasteiger charge is 2.24. The molecule has 0 aliphatic heterocycles. The van der Waals surface area contributed by atoms with Crippen molar-refractivity contribution >= 4 is 60.9 Å². The molecule has 0 saturated carbocycles. The summed E-state index contributed by atoms with van der Waals surface area (Å²) in [6.45, 7) is 0. The Balaban J connectivity index is 1.34. The monoisotopic (exact) mass is 577 g/mol. The van der Waals surface area contributed by atoms with Crippen molar-refractivity contribution in [3.63, 3.8) is 0 Å². The molecule has 0 bridgehead atoms. The molecule has 0 radical (unpaired) electrons. The van der Waals surface area contributed by atoms with Gasteiger partial charge in [0.25, 0.3) is 0 Å². The molecule has 2 heterocycles. The van der Waals surface area contributed by atoms with Crippen LogP contribution in [0.4, 0.5) is 17.1 Å². The molecule has 0 amide bonds. The molecule has 212 valence electrons. The van der Waals surface area contributed by atoms with Gasteiger partial charge in [0.05, 0.1) is 22.4 Å². The molecule has 0 aliphatic rings. The van der Waals surface area contributed by atoms with E-state index in [0.29, 0.717) is 0 Å². The molecule has 9 aromatic rings. The van der Waals surface area contributed by atoms with E-state index in [1.54, 1.807) is 0 Å². The zero-order chi connectivity index (χ0) is 29.7. The van der Waals surface area contributed by atoms with E-state index < -0.39 is 0 Å². The van der Waals surface area contributed by atoms with Crippen molar-refractivity contribution in [3.8, 4) is 22.3 Å². The molecule has 0 saturated heterocycles. The first-order valence-corrected chi connectivity index (χ1v) is 15.2. The quantitative estimate of drug-likeness (QED) is 0.204. The smallest absolute Gasteiger partial charge is 0.137 e. The molecule has 45 heavy (non-hydrogen) atoms. The van der Waals surface area contributed by atoms with Gasteiger partial charge in [0.1, 0.15) is 22.3 Å². The van der Waals surface area contributed by atoms with Crippen LogP contribution in [0.25, 0.3) is 66.1 Å². The molecule has 0 atom stereocenters. The first kappa shape index (κ1) is 25.4. The highest BCUT2D eigenvalue weighted by Crippen LogP contribution is 2.48. The molecule has 9 rings (SSSR count). The van der Waals surface area contributed by atoms with Crippen LogP contribution in [0, 0.1) is 0 Å². The van der Waals surface area contributed by atoms with Gasteiger partial charge in [-0.1, -0.05) is 115 Å². The number of fused-ring (bicyclic) bond motifs is 6. The zero-order valence-electron chi connectivity index (χ0n) is 24.4. The fourth-order valence-electron chi connectivity index (χ4n) is 6.67. The van der Waals surface area contributed by atoms with Crippen molar-refractivity contribution in [2.45, 2.75) is 0 Å². The van der Waals surface area contributed by atoms with Gasteiger partial charge in [-0.3, -0.25) is 0 Å². The Morgan fingerprint density at radius 1 is 0.333 bits per heavy atom. The predicted molar refractivity (Wildman–Crippen MR) is 187 cm³/mol. The minimum Gasteiger partial charge on any atom is -0.456 e. The van der Waals surface area contributed by atoms with Crippen LogP contribution in [-0.4, -0.2) is 0 Å². The number of hydrogen-bond acceptors (Lipinski definition) is 3. The van der Waals surface area contributed by atoms with Gasteiger partial charge in [-0.2, -0.15) is 0 Å². The van der Waals surface area contributed by atoms with Crippen molar-refractivity contribution in [2.24, 2.45) is 0 Å². The topological polar surface area (TPSA) is 29.5 Å². The van der Waals surface area contributed by atoms with E-state index in [-0.39, 0.29) is 0 Å². The fourth-order valence-corrected chi connectivity index (χ4v) is 6.67. The molecule has 0 aliphatic carbocycles. The van der Waals surface area contributed by atoms with Gasteiger partial charge in [-0.05, 0) is 59.7 Å². The molecule has 0 spiro atoms. The number of rotatable bonds is 5. The van der Waals surface area contributed by atoms with E-state index in [0.717, 1.165) is 83.2 Å². The fraction of sp³-hybridized carbons (Fsp3) is 0. The normalized spacial score (nSPS) is 11.6. The third-order valence-electron chi connectivity index (χ3n) is 8.69. The molecule has 3 heteroatoms. The number of anilines is 3. The number of hydrogen-bond donors (Lipinski definition) is 0. The summed E-state index contributed by atoms with van der Waals surface area (Å²) in [7, 11) is 0. The molecule has 7 aromatic carbocycles. The molecular formula is C42H27NO2. The third kappa shape index (κ3) is 4.13. The SMILES string of the molecule is c1ccc(-c2ccccc2N(c2ccccc2-c2ccc3c(c2)oc2ccccc23)c2cccc3oc4ccccc4c23)cc1. The molecule has 0 N–H and O–H groups in total. The van der Waals surface area contributed by atoms with Crippen LogP contribution in [0.2, 0.25) is 0 Å². The van der Waals surface area contributed by atoms with Gasteiger partial charge in [0.2, 0.25) is 0 Å². The van der Waals surface area contributed by atoms with Crippen molar-refractivity contribution in [1.82, 2.24) is 0 Å². The second kappa shape index (κ2) is 10.3.